The third kappa shape index (κ3) is 6.04. The first-order chi connectivity index (χ1) is 10.8. The van der Waals surface area contributed by atoms with Crippen LogP contribution in [0.3, 0.4) is 0 Å². The van der Waals surface area contributed by atoms with E-state index in [0.29, 0.717) is 26.4 Å². The van der Waals surface area contributed by atoms with E-state index in [2.05, 4.69) is 27.7 Å². The summed E-state index contributed by atoms with van der Waals surface area (Å²) in [6, 6.07) is 3.78. The number of hydrogen-bond acceptors (Lipinski definition) is 4. The van der Waals surface area contributed by atoms with Crippen molar-refractivity contribution in [2.24, 2.45) is 0 Å². The van der Waals surface area contributed by atoms with Gasteiger partial charge in [-0.05, 0) is 25.7 Å². The van der Waals surface area contributed by atoms with Crippen molar-refractivity contribution in [2.75, 3.05) is 26.4 Å². The molecule has 0 heterocycles. The monoisotopic (exact) mass is 310 g/mol. The number of ether oxygens (including phenoxy) is 4. The summed E-state index contributed by atoms with van der Waals surface area (Å²) in [6.45, 7) is 11.0. The van der Waals surface area contributed by atoms with Gasteiger partial charge in [0, 0.05) is 12.1 Å². The van der Waals surface area contributed by atoms with Crippen molar-refractivity contribution in [3.05, 3.63) is 12.1 Å². The molecule has 0 saturated heterocycles. The van der Waals surface area contributed by atoms with Crippen molar-refractivity contribution in [2.45, 2.75) is 53.4 Å². The van der Waals surface area contributed by atoms with Gasteiger partial charge in [-0.3, -0.25) is 0 Å². The predicted octanol–water partition coefficient (Wildman–Crippen LogP) is 4.84. The van der Waals surface area contributed by atoms with E-state index in [1.165, 1.54) is 0 Å². The average Bonchev–Trinajstić information content (AvgIpc) is 2.55. The van der Waals surface area contributed by atoms with Crippen LogP contribution in [0.4, 0.5) is 0 Å². The molecule has 0 aliphatic rings. The van der Waals surface area contributed by atoms with Crippen LogP contribution in [-0.2, 0) is 0 Å². The lowest BCUT2D eigenvalue weighted by atomic mass is 10.2. The molecule has 4 nitrogen and oxygen atoms in total. The fourth-order valence-electron chi connectivity index (χ4n) is 1.82. The van der Waals surface area contributed by atoms with Crippen LogP contribution < -0.4 is 18.9 Å². The third-order valence-electron chi connectivity index (χ3n) is 2.86. The summed E-state index contributed by atoms with van der Waals surface area (Å²) in [5.74, 6) is 2.91. The first kappa shape index (κ1) is 18.5. The van der Waals surface area contributed by atoms with Gasteiger partial charge in [-0.2, -0.15) is 0 Å². The van der Waals surface area contributed by atoms with Crippen LogP contribution in [0, 0.1) is 0 Å². The van der Waals surface area contributed by atoms with E-state index in [0.717, 1.165) is 48.7 Å². The minimum Gasteiger partial charge on any atom is -0.490 e. The summed E-state index contributed by atoms with van der Waals surface area (Å²) >= 11 is 0. The molecule has 0 N–H and O–H groups in total. The minimum absolute atomic E-state index is 0.658. The zero-order chi connectivity index (χ0) is 16.2. The fraction of sp³-hybridized carbons (Fsp3) is 0.667. The number of hydrogen-bond donors (Lipinski definition) is 0. The SMILES string of the molecule is CCCOc1cc(OCCC)c(OCCC)cc1OCCC. The summed E-state index contributed by atoms with van der Waals surface area (Å²) in [6.07, 6.45) is 3.80. The maximum Gasteiger partial charge on any atom is 0.165 e. The van der Waals surface area contributed by atoms with Crippen molar-refractivity contribution < 1.29 is 18.9 Å². The van der Waals surface area contributed by atoms with E-state index in [1.807, 2.05) is 12.1 Å². The molecule has 0 atom stereocenters. The molecule has 1 aromatic carbocycles. The first-order valence-electron chi connectivity index (χ1n) is 8.45. The van der Waals surface area contributed by atoms with E-state index in [-0.39, 0.29) is 0 Å². The number of benzene rings is 1. The van der Waals surface area contributed by atoms with E-state index >= 15 is 0 Å². The Morgan fingerprint density at radius 3 is 0.909 bits per heavy atom. The van der Waals surface area contributed by atoms with E-state index in [4.69, 9.17) is 18.9 Å². The Morgan fingerprint density at radius 2 is 0.727 bits per heavy atom. The van der Waals surface area contributed by atoms with E-state index in [9.17, 15) is 0 Å². The molecule has 0 aromatic heterocycles. The second kappa shape index (κ2) is 11.0. The highest BCUT2D eigenvalue weighted by Crippen LogP contribution is 2.40. The van der Waals surface area contributed by atoms with E-state index in [1.54, 1.807) is 0 Å². The molecule has 0 saturated carbocycles. The zero-order valence-electron chi connectivity index (χ0n) is 14.4. The molecule has 126 valence electrons. The molecule has 22 heavy (non-hydrogen) atoms. The molecule has 0 aliphatic carbocycles. The molecule has 0 bridgehead atoms. The Hall–Kier alpha value is -1.58. The molecule has 1 rings (SSSR count). The van der Waals surface area contributed by atoms with Crippen LogP contribution in [0.25, 0.3) is 0 Å². The van der Waals surface area contributed by atoms with Crippen molar-refractivity contribution in [3.8, 4) is 23.0 Å². The Morgan fingerprint density at radius 1 is 0.500 bits per heavy atom. The van der Waals surface area contributed by atoms with Gasteiger partial charge in [-0.25, -0.2) is 0 Å². The summed E-state index contributed by atoms with van der Waals surface area (Å²) in [4.78, 5) is 0. The maximum absolute atomic E-state index is 5.80. The number of rotatable bonds is 12. The zero-order valence-corrected chi connectivity index (χ0v) is 14.4. The quantitative estimate of drug-likeness (QED) is 0.553. The van der Waals surface area contributed by atoms with Crippen LogP contribution in [0.5, 0.6) is 23.0 Å². The van der Waals surface area contributed by atoms with Crippen LogP contribution >= 0.6 is 0 Å². The van der Waals surface area contributed by atoms with Crippen molar-refractivity contribution in [3.63, 3.8) is 0 Å². The smallest absolute Gasteiger partial charge is 0.165 e. The molecule has 0 aliphatic heterocycles. The lowest BCUT2D eigenvalue weighted by Crippen LogP contribution is -2.05. The highest BCUT2D eigenvalue weighted by atomic mass is 16.5. The fourth-order valence-corrected chi connectivity index (χ4v) is 1.82. The van der Waals surface area contributed by atoms with Gasteiger partial charge in [0.15, 0.2) is 23.0 Å². The molecular weight excluding hydrogens is 280 g/mol. The summed E-state index contributed by atoms with van der Waals surface area (Å²) in [5, 5.41) is 0. The van der Waals surface area contributed by atoms with E-state index < -0.39 is 0 Å². The average molecular weight is 310 g/mol. The van der Waals surface area contributed by atoms with Gasteiger partial charge in [-0.15, -0.1) is 0 Å². The lowest BCUT2D eigenvalue weighted by Gasteiger charge is -2.17. The van der Waals surface area contributed by atoms with Gasteiger partial charge in [0.25, 0.3) is 0 Å². The Kier molecular flexibility index (Phi) is 9.28. The van der Waals surface area contributed by atoms with Crippen molar-refractivity contribution >= 4 is 0 Å². The van der Waals surface area contributed by atoms with Gasteiger partial charge in [-0.1, -0.05) is 27.7 Å². The highest BCUT2D eigenvalue weighted by molar-refractivity contribution is 5.54. The summed E-state index contributed by atoms with van der Waals surface area (Å²) in [7, 11) is 0. The summed E-state index contributed by atoms with van der Waals surface area (Å²) in [5.41, 5.74) is 0. The normalized spacial score (nSPS) is 10.4. The van der Waals surface area contributed by atoms with Gasteiger partial charge in [0.05, 0.1) is 26.4 Å². The van der Waals surface area contributed by atoms with Crippen LogP contribution in [-0.4, -0.2) is 26.4 Å². The molecule has 0 radical (unpaired) electrons. The predicted molar refractivity (Wildman–Crippen MR) is 89.6 cm³/mol. The standard InChI is InChI=1S/C18H30O4/c1-5-9-19-15-13-17(21-11-7-3)18(22-12-8-4)14-16(15)20-10-6-2/h13-14H,5-12H2,1-4H3. The minimum atomic E-state index is 0.658. The first-order valence-corrected chi connectivity index (χ1v) is 8.45. The van der Waals surface area contributed by atoms with Gasteiger partial charge < -0.3 is 18.9 Å². The second-order valence-corrected chi connectivity index (χ2v) is 5.14. The third-order valence-corrected chi connectivity index (χ3v) is 2.86. The maximum atomic E-state index is 5.80. The topological polar surface area (TPSA) is 36.9 Å². The van der Waals surface area contributed by atoms with Gasteiger partial charge in [0.1, 0.15) is 0 Å². The second-order valence-electron chi connectivity index (χ2n) is 5.14. The Balaban J connectivity index is 3.04. The Bertz CT molecular complexity index is 344. The summed E-state index contributed by atoms with van der Waals surface area (Å²) < 4.78 is 23.2. The molecule has 0 unspecified atom stereocenters. The van der Waals surface area contributed by atoms with Gasteiger partial charge in [0.2, 0.25) is 0 Å². The highest BCUT2D eigenvalue weighted by Gasteiger charge is 2.14. The van der Waals surface area contributed by atoms with Crippen LogP contribution in [0.1, 0.15) is 53.4 Å². The largest absolute Gasteiger partial charge is 0.490 e. The van der Waals surface area contributed by atoms with Crippen molar-refractivity contribution in [1.82, 2.24) is 0 Å². The van der Waals surface area contributed by atoms with Gasteiger partial charge >= 0.3 is 0 Å². The molecule has 0 spiro atoms. The molecule has 1 aromatic rings. The van der Waals surface area contributed by atoms with Crippen LogP contribution in [0.2, 0.25) is 0 Å². The molecule has 0 amide bonds. The lowest BCUT2D eigenvalue weighted by molar-refractivity contribution is 0.247. The van der Waals surface area contributed by atoms with Crippen molar-refractivity contribution in [1.29, 1.82) is 0 Å². The molecular formula is C18H30O4. The molecule has 0 fully saturated rings. The van der Waals surface area contributed by atoms with Crippen LogP contribution in [0.15, 0.2) is 12.1 Å². The Labute approximate surface area is 134 Å². The molecule has 4 heteroatoms.